The van der Waals surface area contributed by atoms with Crippen molar-refractivity contribution in [2.24, 2.45) is 0 Å². The number of amides is 2. The quantitative estimate of drug-likeness (QED) is 0.669. The number of carbonyl (C=O) groups excluding carboxylic acids is 4. The molecule has 0 bridgehead atoms. The summed E-state index contributed by atoms with van der Waals surface area (Å²) in [6.07, 6.45) is 0.652. The van der Waals surface area contributed by atoms with E-state index in [0.717, 1.165) is 0 Å². The molecule has 1 aromatic heterocycles. The van der Waals surface area contributed by atoms with Crippen LogP contribution in [0, 0.1) is 0 Å². The van der Waals surface area contributed by atoms with Crippen molar-refractivity contribution in [3.8, 4) is 0 Å². The second-order valence-corrected chi connectivity index (χ2v) is 5.12. The van der Waals surface area contributed by atoms with Crippen LogP contribution in [0.2, 0.25) is 0 Å². The molecule has 1 aromatic carbocycles. The van der Waals surface area contributed by atoms with Gasteiger partial charge < -0.3 is 4.74 Å². The maximum Gasteiger partial charge on any atom is 0.338 e. The molecule has 2 amide bonds. The Morgan fingerprint density at radius 2 is 1.86 bits per heavy atom. The first kappa shape index (κ1) is 15.6. The minimum atomic E-state index is -0.712. The van der Waals surface area contributed by atoms with E-state index in [1.54, 1.807) is 17.5 Å². The zero-order chi connectivity index (χ0) is 15.9. The fourth-order valence-electron chi connectivity index (χ4n) is 1.54. The Kier molecular flexibility index (Phi) is 5.16. The van der Waals surface area contributed by atoms with Crippen molar-refractivity contribution < 1.29 is 23.9 Å². The Morgan fingerprint density at radius 3 is 2.45 bits per heavy atom. The number of esters is 1. The van der Waals surface area contributed by atoms with Crippen LogP contribution in [0.1, 0.15) is 30.4 Å². The third-order valence-corrected chi connectivity index (χ3v) is 3.48. The topological polar surface area (TPSA) is 89.5 Å². The van der Waals surface area contributed by atoms with Crippen LogP contribution in [-0.2, 0) is 9.53 Å². The Hall–Kier alpha value is -2.80. The Labute approximate surface area is 129 Å². The average Bonchev–Trinajstić information content (AvgIpc) is 3.07. The first-order valence-corrected chi connectivity index (χ1v) is 7.08. The summed E-state index contributed by atoms with van der Waals surface area (Å²) in [7, 11) is 0. The van der Waals surface area contributed by atoms with E-state index in [-0.39, 0.29) is 5.56 Å². The summed E-state index contributed by atoms with van der Waals surface area (Å²) < 4.78 is 4.79. The van der Waals surface area contributed by atoms with Gasteiger partial charge in [-0.25, -0.2) is 4.79 Å². The van der Waals surface area contributed by atoms with Crippen molar-refractivity contribution >= 4 is 35.4 Å². The molecule has 6 nitrogen and oxygen atoms in total. The SMILES string of the molecule is O=Cc1ccc(C(=O)OCC(=O)NC(=O)c2cccs2)cc1. The molecule has 0 radical (unpaired) electrons. The minimum Gasteiger partial charge on any atom is -0.452 e. The lowest BCUT2D eigenvalue weighted by Crippen LogP contribution is -2.33. The number of hydrogen-bond donors (Lipinski definition) is 1. The molecule has 112 valence electrons. The third kappa shape index (κ3) is 4.10. The molecule has 2 rings (SSSR count). The van der Waals surface area contributed by atoms with Crippen LogP contribution in [0.15, 0.2) is 41.8 Å². The van der Waals surface area contributed by atoms with E-state index >= 15 is 0 Å². The Morgan fingerprint density at radius 1 is 1.14 bits per heavy atom. The maximum absolute atomic E-state index is 11.7. The summed E-state index contributed by atoms with van der Waals surface area (Å²) >= 11 is 1.20. The molecular formula is C15H11NO5S. The van der Waals surface area contributed by atoms with E-state index in [9.17, 15) is 19.2 Å². The van der Waals surface area contributed by atoms with Crippen LogP contribution in [-0.4, -0.2) is 30.7 Å². The molecule has 1 N–H and O–H groups in total. The average molecular weight is 317 g/mol. The fraction of sp³-hybridized carbons (Fsp3) is 0.0667. The number of carbonyl (C=O) groups is 4. The van der Waals surface area contributed by atoms with Crippen molar-refractivity contribution in [1.82, 2.24) is 5.32 Å². The van der Waals surface area contributed by atoms with Crippen LogP contribution in [0.4, 0.5) is 0 Å². The second kappa shape index (κ2) is 7.28. The summed E-state index contributed by atoms with van der Waals surface area (Å²) in [6, 6.07) is 9.02. The predicted octanol–water partition coefficient (Wildman–Crippen LogP) is 1.67. The molecule has 0 saturated heterocycles. The lowest BCUT2D eigenvalue weighted by molar-refractivity contribution is -0.123. The molecule has 0 aliphatic heterocycles. The van der Waals surface area contributed by atoms with E-state index in [1.165, 1.54) is 35.6 Å². The van der Waals surface area contributed by atoms with Gasteiger partial charge in [0.15, 0.2) is 6.61 Å². The number of imide groups is 1. The van der Waals surface area contributed by atoms with Gasteiger partial charge in [0.25, 0.3) is 11.8 Å². The van der Waals surface area contributed by atoms with Crippen molar-refractivity contribution in [3.63, 3.8) is 0 Å². The molecule has 0 fully saturated rings. The van der Waals surface area contributed by atoms with Crippen molar-refractivity contribution in [3.05, 3.63) is 57.8 Å². The normalized spacial score (nSPS) is 9.82. The monoisotopic (exact) mass is 317 g/mol. The van der Waals surface area contributed by atoms with E-state index in [2.05, 4.69) is 5.32 Å². The van der Waals surface area contributed by atoms with Gasteiger partial charge in [0, 0.05) is 5.56 Å². The van der Waals surface area contributed by atoms with Gasteiger partial charge in [0.2, 0.25) is 0 Å². The van der Waals surface area contributed by atoms with Gasteiger partial charge in [-0.3, -0.25) is 19.7 Å². The number of hydrogen-bond acceptors (Lipinski definition) is 6. The van der Waals surface area contributed by atoms with Crippen LogP contribution < -0.4 is 5.32 Å². The number of ether oxygens (including phenoxy) is 1. The van der Waals surface area contributed by atoms with E-state index < -0.39 is 24.4 Å². The highest BCUT2D eigenvalue weighted by Gasteiger charge is 2.14. The van der Waals surface area contributed by atoms with E-state index in [1.807, 2.05) is 0 Å². The number of nitrogens with one attached hydrogen (secondary N) is 1. The van der Waals surface area contributed by atoms with Crippen LogP contribution in [0.5, 0.6) is 0 Å². The highest BCUT2D eigenvalue weighted by molar-refractivity contribution is 7.12. The van der Waals surface area contributed by atoms with Crippen molar-refractivity contribution in [2.45, 2.75) is 0 Å². The zero-order valence-corrected chi connectivity index (χ0v) is 12.1. The smallest absolute Gasteiger partial charge is 0.338 e. The summed E-state index contributed by atoms with van der Waals surface area (Å²) in [5.41, 5.74) is 0.638. The highest BCUT2D eigenvalue weighted by atomic mass is 32.1. The largest absolute Gasteiger partial charge is 0.452 e. The third-order valence-electron chi connectivity index (χ3n) is 2.61. The summed E-state index contributed by atoms with van der Waals surface area (Å²) in [5.74, 6) is -1.96. The van der Waals surface area contributed by atoms with Gasteiger partial charge in [0.1, 0.15) is 6.29 Å². The summed E-state index contributed by atoms with van der Waals surface area (Å²) in [4.78, 5) is 45.7. The maximum atomic E-state index is 11.7. The van der Waals surface area contributed by atoms with Gasteiger partial charge in [0.05, 0.1) is 10.4 Å². The minimum absolute atomic E-state index is 0.211. The van der Waals surface area contributed by atoms with E-state index in [4.69, 9.17) is 4.74 Å². The molecule has 0 spiro atoms. The molecule has 0 atom stereocenters. The molecule has 0 aliphatic rings. The van der Waals surface area contributed by atoms with Crippen LogP contribution in [0.25, 0.3) is 0 Å². The molecule has 2 aromatic rings. The first-order chi connectivity index (χ1) is 10.6. The van der Waals surface area contributed by atoms with Crippen molar-refractivity contribution in [1.29, 1.82) is 0 Å². The zero-order valence-electron chi connectivity index (χ0n) is 11.3. The van der Waals surface area contributed by atoms with Gasteiger partial charge in [-0.1, -0.05) is 18.2 Å². The number of thiophene rings is 1. The number of rotatable bonds is 5. The van der Waals surface area contributed by atoms with Gasteiger partial charge in [-0.15, -0.1) is 11.3 Å². The number of aldehydes is 1. The molecule has 0 unspecified atom stereocenters. The Bertz CT molecular complexity index is 691. The predicted molar refractivity (Wildman–Crippen MR) is 78.9 cm³/mol. The summed E-state index contributed by atoms with van der Waals surface area (Å²) in [5, 5.41) is 3.83. The molecule has 0 saturated carbocycles. The van der Waals surface area contributed by atoms with Crippen molar-refractivity contribution in [2.75, 3.05) is 6.61 Å². The van der Waals surface area contributed by atoms with Crippen LogP contribution >= 0.6 is 11.3 Å². The molecule has 0 aliphatic carbocycles. The lowest BCUT2D eigenvalue weighted by atomic mass is 10.1. The lowest BCUT2D eigenvalue weighted by Gasteiger charge is -2.05. The molecule has 1 heterocycles. The Balaban J connectivity index is 1.83. The molecule has 7 heteroatoms. The van der Waals surface area contributed by atoms with Crippen LogP contribution in [0.3, 0.4) is 0 Å². The standard InChI is InChI=1S/C15H11NO5S/c17-8-10-3-5-11(6-4-10)15(20)21-9-13(18)16-14(19)12-2-1-7-22-12/h1-8H,9H2,(H,16,18,19). The fourth-order valence-corrected chi connectivity index (χ4v) is 2.16. The molecule has 22 heavy (non-hydrogen) atoms. The van der Waals surface area contributed by atoms with Gasteiger partial charge in [-0.05, 0) is 23.6 Å². The number of benzene rings is 1. The first-order valence-electron chi connectivity index (χ1n) is 6.20. The second-order valence-electron chi connectivity index (χ2n) is 4.17. The van der Waals surface area contributed by atoms with E-state index in [0.29, 0.717) is 16.7 Å². The van der Waals surface area contributed by atoms with Gasteiger partial charge in [-0.2, -0.15) is 0 Å². The summed E-state index contributed by atoms with van der Waals surface area (Å²) in [6.45, 7) is -0.564. The molecular weight excluding hydrogens is 306 g/mol. The van der Waals surface area contributed by atoms with Gasteiger partial charge >= 0.3 is 5.97 Å². The highest BCUT2D eigenvalue weighted by Crippen LogP contribution is 2.08.